The predicted molar refractivity (Wildman–Crippen MR) is 116 cm³/mol. The topological polar surface area (TPSA) is 77.5 Å². The zero-order chi connectivity index (χ0) is 20.2. The molecule has 8 heteroatoms. The van der Waals surface area contributed by atoms with Crippen LogP contribution in [0.2, 0.25) is 0 Å². The van der Waals surface area contributed by atoms with Crippen LogP contribution in [-0.4, -0.2) is 49.5 Å². The number of hydrogen-bond donors (Lipinski definition) is 2. The Morgan fingerprint density at radius 1 is 1.24 bits per heavy atom. The minimum absolute atomic E-state index is 0.0208. The summed E-state index contributed by atoms with van der Waals surface area (Å²) in [7, 11) is 1.63. The Hall–Kier alpha value is -2.42. The molecule has 0 amide bonds. The highest BCUT2D eigenvalue weighted by atomic mass is 79.9. The highest BCUT2D eigenvalue weighted by Crippen LogP contribution is 2.35. The molecule has 0 radical (unpaired) electrons. The fourth-order valence-electron chi connectivity index (χ4n) is 3.20. The number of anilines is 2. The van der Waals surface area contributed by atoms with Crippen molar-refractivity contribution >= 4 is 38.3 Å². The summed E-state index contributed by atoms with van der Waals surface area (Å²) in [5.74, 6) is 1.98. The second-order valence-corrected chi connectivity index (χ2v) is 7.69. The second kappa shape index (κ2) is 8.94. The van der Waals surface area contributed by atoms with Gasteiger partial charge in [-0.25, -0.2) is 9.97 Å². The molecule has 2 N–H and O–H groups in total. The van der Waals surface area contributed by atoms with Crippen molar-refractivity contribution in [3.05, 3.63) is 46.7 Å². The summed E-state index contributed by atoms with van der Waals surface area (Å²) < 4.78 is 18.3. The molecule has 1 unspecified atom stereocenters. The van der Waals surface area contributed by atoms with Gasteiger partial charge in [-0.3, -0.25) is 0 Å². The first-order chi connectivity index (χ1) is 14.1. The number of morpholine rings is 1. The van der Waals surface area contributed by atoms with Crippen LogP contribution in [-0.2, 0) is 4.74 Å². The molecule has 1 fully saturated rings. The Labute approximate surface area is 177 Å². The largest absolute Gasteiger partial charge is 0.493 e. The molecule has 4 rings (SSSR count). The van der Waals surface area contributed by atoms with E-state index in [9.17, 15) is 0 Å². The molecule has 1 atom stereocenters. The number of nitrogens with zero attached hydrogens (tertiary/aromatic N) is 2. The zero-order valence-electron chi connectivity index (χ0n) is 16.4. The van der Waals surface area contributed by atoms with Gasteiger partial charge in [0.1, 0.15) is 24.9 Å². The molecular formula is C21H23BrN4O3. The average Bonchev–Trinajstić information content (AvgIpc) is 2.75. The summed E-state index contributed by atoms with van der Waals surface area (Å²) in [5.41, 5.74) is 2.86. The lowest BCUT2D eigenvalue weighted by molar-refractivity contribution is -0.000235. The van der Waals surface area contributed by atoms with Crippen molar-refractivity contribution in [2.45, 2.75) is 13.0 Å². The van der Waals surface area contributed by atoms with Crippen LogP contribution in [0.5, 0.6) is 11.5 Å². The maximum Gasteiger partial charge on any atom is 0.163 e. The summed E-state index contributed by atoms with van der Waals surface area (Å²) in [6.45, 7) is 4.84. The molecule has 2 heterocycles. The van der Waals surface area contributed by atoms with E-state index < -0.39 is 0 Å². The lowest BCUT2D eigenvalue weighted by Crippen LogP contribution is -2.41. The van der Waals surface area contributed by atoms with Crippen molar-refractivity contribution in [3.8, 4) is 11.5 Å². The third kappa shape index (κ3) is 4.60. The van der Waals surface area contributed by atoms with Gasteiger partial charge in [0.05, 0.1) is 19.2 Å². The molecule has 3 aromatic rings. The fourth-order valence-corrected chi connectivity index (χ4v) is 3.45. The monoisotopic (exact) mass is 458 g/mol. The number of rotatable bonds is 6. The van der Waals surface area contributed by atoms with Crippen molar-refractivity contribution in [1.82, 2.24) is 15.3 Å². The average molecular weight is 459 g/mol. The third-order valence-corrected chi connectivity index (χ3v) is 5.66. The van der Waals surface area contributed by atoms with Gasteiger partial charge < -0.3 is 24.8 Å². The number of nitrogens with one attached hydrogen (secondary N) is 2. The Morgan fingerprint density at radius 3 is 2.90 bits per heavy atom. The minimum Gasteiger partial charge on any atom is -0.493 e. The van der Waals surface area contributed by atoms with E-state index in [1.165, 1.54) is 0 Å². The number of halogens is 1. The lowest BCUT2D eigenvalue weighted by Gasteiger charge is -2.24. The summed E-state index contributed by atoms with van der Waals surface area (Å²) in [5, 5.41) is 7.53. The van der Waals surface area contributed by atoms with Crippen molar-refractivity contribution in [1.29, 1.82) is 0 Å². The molecule has 0 saturated carbocycles. The normalized spacial score (nSPS) is 16.6. The van der Waals surface area contributed by atoms with Gasteiger partial charge in [-0.1, -0.05) is 15.9 Å². The number of ether oxygens (including phenoxy) is 3. The van der Waals surface area contributed by atoms with E-state index in [4.69, 9.17) is 14.2 Å². The number of aromatic nitrogens is 2. The van der Waals surface area contributed by atoms with Gasteiger partial charge in [0, 0.05) is 34.7 Å². The fraction of sp³-hybridized carbons (Fsp3) is 0.333. The molecule has 1 aliphatic heterocycles. The number of fused-ring (bicyclic) bond motifs is 1. The van der Waals surface area contributed by atoms with Crippen molar-refractivity contribution < 1.29 is 14.2 Å². The van der Waals surface area contributed by atoms with Crippen LogP contribution in [0.15, 0.2) is 41.1 Å². The molecule has 1 aliphatic rings. The molecule has 29 heavy (non-hydrogen) atoms. The quantitative estimate of drug-likeness (QED) is 0.581. The van der Waals surface area contributed by atoms with E-state index in [0.29, 0.717) is 30.5 Å². The molecule has 0 aliphatic carbocycles. The standard InChI is InChI=1S/C21H23BrN4O3/c1-13-7-14(3-4-17(13)22)26-21-16-8-19(27-2)20(9-18(16)24-12-25-21)29-11-15-10-23-5-6-28-15/h3-4,7-9,12,15,23H,5-6,10-11H2,1-2H3,(H,24,25,26). The van der Waals surface area contributed by atoms with Crippen LogP contribution in [0.3, 0.4) is 0 Å². The first kappa shape index (κ1) is 19.9. The van der Waals surface area contributed by atoms with Crippen LogP contribution in [0.4, 0.5) is 11.5 Å². The van der Waals surface area contributed by atoms with Gasteiger partial charge in [0.15, 0.2) is 11.5 Å². The Balaban J connectivity index is 1.61. The Morgan fingerprint density at radius 2 is 2.14 bits per heavy atom. The van der Waals surface area contributed by atoms with Crippen molar-refractivity contribution in [2.24, 2.45) is 0 Å². The predicted octanol–water partition coefficient (Wildman–Crippen LogP) is 3.82. The first-order valence-electron chi connectivity index (χ1n) is 9.45. The summed E-state index contributed by atoms with van der Waals surface area (Å²) in [6.07, 6.45) is 1.56. The summed E-state index contributed by atoms with van der Waals surface area (Å²) in [6, 6.07) is 9.85. The van der Waals surface area contributed by atoms with Gasteiger partial charge in [0.25, 0.3) is 0 Å². The highest BCUT2D eigenvalue weighted by molar-refractivity contribution is 9.10. The van der Waals surface area contributed by atoms with Gasteiger partial charge in [-0.15, -0.1) is 0 Å². The molecule has 2 aromatic carbocycles. The maximum absolute atomic E-state index is 5.99. The van der Waals surface area contributed by atoms with E-state index in [1.807, 2.05) is 31.2 Å². The number of benzene rings is 2. The second-order valence-electron chi connectivity index (χ2n) is 6.84. The van der Waals surface area contributed by atoms with Crippen molar-refractivity contribution in [2.75, 3.05) is 38.7 Å². The van der Waals surface area contributed by atoms with Crippen LogP contribution in [0.25, 0.3) is 10.9 Å². The van der Waals surface area contributed by atoms with Gasteiger partial charge in [-0.2, -0.15) is 0 Å². The van der Waals surface area contributed by atoms with Crippen LogP contribution in [0, 0.1) is 6.92 Å². The van der Waals surface area contributed by atoms with E-state index in [-0.39, 0.29) is 6.10 Å². The molecule has 7 nitrogen and oxygen atoms in total. The molecule has 152 valence electrons. The summed E-state index contributed by atoms with van der Waals surface area (Å²) >= 11 is 3.53. The number of methoxy groups -OCH3 is 1. The lowest BCUT2D eigenvalue weighted by atomic mass is 10.2. The van der Waals surface area contributed by atoms with E-state index in [1.54, 1.807) is 13.4 Å². The number of aryl methyl sites for hydroxylation is 1. The molecular weight excluding hydrogens is 436 g/mol. The van der Waals surface area contributed by atoms with E-state index in [0.717, 1.165) is 39.7 Å². The highest BCUT2D eigenvalue weighted by Gasteiger charge is 2.17. The zero-order valence-corrected chi connectivity index (χ0v) is 18.0. The smallest absolute Gasteiger partial charge is 0.163 e. The summed E-state index contributed by atoms with van der Waals surface area (Å²) in [4.78, 5) is 8.83. The molecule has 0 bridgehead atoms. The van der Waals surface area contributed by atoms with Gasteiger partial charge >= 0.3 is 0 Å². The number of hydrogen-bond acceptors (Lipinski definition) is 7. The van der Waals surface area contributed by atoms with Crippen LogP contribution >= 0.6 is 15.9 Å². The van der Waals surface area contributed by atoms with E-state index in [2.05, 4.69) is 42.6 Å². The first-order valence-corrected chi connectivity index (χ1v) is 10.2. The van der Waals surface area contributed by atoms with Crippen LogP contribution < -0.4 is 20.1 Å². The van der Waals surface area contributed by atoms with Gasteiger partial charge in [-0.05, 0) is 36.8 Å². The van der Waals surface area contributed by atoms with Gasteiger partial charge in [0.2, 0.25) is 0 Å². The Bertz CT molecular complexity index is 1010. The molecule has 1 saturated heterocycles. The SMILES string of the molecule is COc1cc2c(Nc3ccc(Br)c(C)c3)ncnc2cc1OCC1CNCCO1. The maximum atomic E-state index is 5.99. The van der Waals surface area contributed by atoms with E-state index >= 15 is 0 Å². The Kier molecular flexibility index (Phi) is 6.13. The molecule has 1 aromatic heterocycles. The minimum atomic E-state index is 0.0208. The third-order valence-electron chi connectivity index (χ3n) is 4.77. The van der Waals surface area contributed by atoms with Crippen LogP contribution in [0.1, 0.15) is 5.56 Å². The van der Waals surface area contributed by atoms with Crippen molar-refractivity contribution in [3.63, 3.8) is 0 Å². The molecule has 0 spiro atoms.